The summed E-state index contributed by atoms with van der Waals surface area (Å²) in [5.41, 5.74) is 0. The molecule has 2 heterocycles. The number of likely N-dealkylation sites (tertiary alicyclic amines) is 1. The van der Waals surface area contributed by atoms with E-state index in [9.17, 15) is 0 Å². The third-order valence-electron chi connectivity index (χ3n) is 3.18. The fourth-order valence-electron chi connectivity index (χ4n) is 2.34. The molecule has 0 spiro atoms. The molecule has 0 aromatic rings. The van der Waals surface area contributed by atoms with E-state index in [-0.39, 0.29) is 5.79 Å². The first-order chi connectivity index (χ1) is 6.20. The first kappa shape index (κ1) is 9.44. The molecule has 0 bridgehead atoms. The lowest BCUT2D eigenvalue weighted by molar-refractivity contribution is -0.154. The third-order valence-corrected chi connectivity index (χ3v) is 3.18. The molecule has 0 aromatic heterocycles. The average Bonchev–Trinajstić information content (AvgIpc) is 2.64. The van der Waals surface area contributed by atoms with Gasteiger partial charge in [-0.3, -0.25) is 0 Å². The van der Waals surface area contributed by atoms with Crippen LogP contribution in [0.3, 0.4) is 0 Å². The van der Waals surface area contributed by atoms with Crippen molar-refractivity contribution in [3.63, 3.8) is 0 Å². The zero-order valence-corrected chi connectivity index (χ0v) is 8.58. The van der Waals surface area contributed by atoms with Gasteiger partial charge in [0.05, 0.1) is 13.2 Å². The molecule has 0 unspecified atom stereocenters. The van der Waals surface area contributed by atoms with Crippen molar-refractivity contribution in [3.05, 3.63) is 0 Å². The summed E-state index contributed by atoms with van der Waals surface area (Å²) in [6, 6.07) is 0.656. The quantitative estimate of drug-likeness (QED) is 0.646. The maximum Gasteiger partial charge on any atom is 0.167 e. The Morgan fingerprint density at radius 3 is 2.62 bits per heavy atom. The summed E-state index contributed by atoms with van der Waals surface area (Å²) in [6.07, 6.45) is 3.62. The van der Waals surface area contributed by atoms with Crippen LogP contribution in [0, 0.1) is 0 Å². The zero-order valence-electron chi connectivity index (χ0n) is 8.58. The summed E-state index contributed by atoms with van der Waals surface area (Å²) in [4.78, 5) is 2.41. The van der Waals surface area contributed by atoms with Gasteiger partial charge in [0, 0.05) is 12.5 Å². The Kier molecular flexibility index (Phi) is 2.58. The minimum absolute atomic E-state index is 0.302. The fraction of sp³-hybridized carbons (Fsp3) is 1.00. The molecule has 0 aromatic carbocycles. The minimum atomic E-state index is -0.302. The predicted octanol–water partition coefficient (Wildman–Crippen LogP) is 1.23. The van der Waals surface area contributed by atoms with Gasteiger partial charge >= 0.3 is 0 Å². The average molecular weight is 185 g/mol. The topological polar surface area (TPSA) is 21.7 Å². The van der Waals surface area contributed by atoms with Gasteiger partial charge in [-0.25, -0.2) is 0 Å². The van der Waals surface area contributed by atoms with Crippen molar-refractivity contribution in [2.24, 2.45) is 0 Å². The molecule has 0 radical (unpaired) electrons. The van der Waals surface area contributed by atoms with Crippen molar-refractivity contribution < 1.29 is 9.47 Å². The number of hydrogen-bond acceptors (Lipinski definition) is 3. The molecule has 2 aliphatic rings. The van der Waals surface area contributed by atoms with Gasteiger partial charge in [0.25, 0.3) is 0 Å². The van der Waals surface area contributed by atoms with Gasteiger partial charge in [-0.2, -0.15) is 0 Å². The molecular formula is C10H19NO2. The first-order valence-electron chi connectivity index (χ1n) is 5.18. The smallest absolute Gasteiger partial charge is 0.167 e. The standard InChI is InChI=1S/C10H19NO2/c1-10(12-6-7-13-10)8-9-4-3-5-11(9)2/h9H,3-8H2,1-2H3/t9-/m1/s1. The van der Waals surface area contributed by atoms with E-state index >= 15 is 0 Å². The van der Waals surface area contributed by atoms with Crippen LogP contribution in [-0.2, 0) is 9.47 Å². The van der Waals surface area contributed by atoms with Crippen LogP contribution < -0.4 is 0 Å². The summed E-state index contributed by atoms with van der Waals surface area (Å²) >= 11 is 0. The van der Waals surface area contributed by atoms with Crippen molar-refractivity contribution in [3.8, 4) is 0 Å². The van der Waals surface area contributed by atoms with Crippen molar-refractivity contribution in [1.82, 2.24) is 4.90 Å². The van der Waals surface area contributed by atoms with E-state index in [1.165, 1.54) is 19.4 Å². The van der Waals surface area contributed by atoms with Gasteiger partial charge in [0.15, 0.2) is 5.79 Å². The second-order valence-corrected chi connectivity index (χ2v) is 4.31. The Morgan fingerprint density at radius 1 is 1.38 bits per heavy atom. The minimum Gasteiger partial charge on any atom is -0.348 e. The highest BCUT2D eigenvalue weighted by Crippen LogP contribution is 2.29. The van der Waals surface area contributed by atoms with Gasteiger partial charge < -0.3 is 14.4 Å². The Labute approximate surface area is 80.0 Å². The van der Waals surface area contributed by atoms with Crippen molar-refractivity contribution in [2.45, 2.75) is 38.0 Å². The molecule has 0 amide bonds. The second kappa shape index (κ2) is 3.56. The van der Waals surface area contributed by atoms with Crippen LogP contribution in [0.4, 0.5) is 0 Å². The van der Waals surface area contributed by atoms with Crippen LogP contribution in [0.25, 0.3) is 0 Å². The summed E-state index contributed by atoms with van der Waals surface area (Å²) in [6.45, 7) is 4.80. The molecule has 0 N–H and O–H groups in total. The lowest BCUT2D eigenvalue weighted by atomic mass is 10.1. The summed E-state index contributed by atoms with van der Waals surface area (Å²) in [7, 11) is 2.19. The first-order valence-corrected chi connectivity index (χ1v) is 5.18. The van der Waals surface area contributed by atoms with Crippen molar-refractivity contribution in [2.75, 3.05) is 26.8 Å². The van der Waals surface area contributed by atoms with E-state index in [0.717, 1.165) is 19.6 Å². The van der Waals surface area contributed by atoms with Crippen LogP contribution in [0.2, 0.25) is 0 Å². The molecule has 2 rings (SSSR count). The van der Waals surface area contributed by atoms with E-state index in [2.05, 4.69) is 18.9 Å². The van der Waals surface area contributed by atoms with Gasteiger partial charge in [0.1, 0.15) is 0 Å². The maximum absolute atomic E-state index is 5.60. The number of rotatable bonds is 2. The SMILES string of the molecule is CN1CCC[C@@H]1CC1(C)OCCO1. The molecule has 2 fully saturated rings. The molecule has 0 aliphatic carbocycles. The summed E-state index contributed by atoms with van der Waals surface area (Å²) < 4.78 is 11.2. The Hall–Kier alpha value is -0.120. The van der Waals surface area contributed by atoms with Crippen molar-refractivity contribution >= 4 is 0 Å². The lowest BCUT2D eigenvalue weighted by Gasteiger charge is -2.29. The third kappa shape index (κ3) is 2.03. The number of hydrogen-bond donors (Lipinski definition) is 0. The molecule has 2 aliphatic heterocycles. The van der Waals surface area contributed by atoms with E-state index in [4.69, 9.17) is 9.47 Å². The van der Waals surface area contributed by atoms with Gasteiger partial charge in [-0.05, 0) is 33.4 Å². The largest absolute Gasteiger partial charge is 0.348 e. The molecule has 2 saturated heterocycles. The Balaban J connectivity index is 1.88. The number of ether oxygens (including phenoxy) is 2. The molecule has 3 heteroatoms. The van der Waals surface area contributed by atoms with Crippen LogP contribution in [-0.4, -0.2) is 43.5 Å². The Bertz CT molecular complexity index is 178. The maximum atomic E-state index is 5.60. The predicted molar refractivity (Wildman–Crippen MR) is 50.6 cm³/mol. The summed E-state index contributed by atoms with van der Waals surface area (Å²) in [5, 5.41) is 0. The number of nitrogens with zero attached hydrogens (tertiary/aromatic N) is 1. The van der Waals surface area contributed by atoms with E-state index in [1.807, 2.05) is 0 Å². The van der Waals surface area contributed by atoms with Crippen LogP contribution in [0.15, 0.2) is 0 Å². The van der Waals surface area contributed by atoms with Crippen LogP contribution in [0.5, 0.6) is 0 Å². The summed E-state index contributed by atoms with van der Waals surface area (Å²) in [5.74, 6) is -0.302. The van der Waals surface area contributed by atoms with E-state index < -0.39 is 0 Å². The fourth-order valence-corrected chi connectivity index (χ4v) is 2.34. The molecule has 13 heavy (non-hydrogen) atoms. The highest BCUT2D eigenvalue weighted by atomic mass is 16.7. The van der Waals surface area contributed by atoms with Crippen LogP contribution in [0.1, 0.15) is 26.2 Å². The highest BCUT2D eigenvalue weighted by molar-refractivity contribution is 4.82. The molecular weight excluding hydrogens is 166 g/mol. The Morgan fingerprint density at radius 2 is 2.08 bits per heavy atom. The van der Waals surface area contributed by atoms with Gasteiger partial charge in [-0.1, -0.05) is 0 Å². The second-order valence-electron chi connectivity index (χ2n) is 4.31. The van der Waals surface area contributed by atoms with Crippen molar-refractivity contribution in [1.29, 1.82) is 0 Å². The molecule has 76 valence electrons. The molecule has 1 atom stereocenters. The van der Waals surface area contributed by atoms with E-state index in [0.29, 0.717) is 6.04 Å². The molecule has 3 nitrogen and oxygen atoms in total. The van der Waals surface area contributed by atoms with Gasteiger partial charge in [-0.15, -0.1) is 0 Å². The normalized spacial score (nSPS) is 34.2. The zero-order chi connectivity index (χ0) is 9.31. The van der Waals surface area contributed by atoms with Crippen LogP contribution >= 0.6 is 0 Å². The van der Waals surface area contributed by atoms with Gasteiger partial charge in [0.2, 0.25) is 0 Å². The highest BCUT2D eigenvalue weighted by Gasteiger charge is 2.36. The monoisotopic (exact) mass is 185 g/mol. The molecule has 0 saturated carbocycles. The van der Waals surface area contributed by atoms with E-state index in [1.54, 1.807) is 0 Å². The lowest BCUT2D eigenvalue weighted by Crippen LogP contribution is -2.36.